The Morgan fingerprint density at radius 1 is 1.24 bits per heavy atom. The molecule has 4 amide bonds. The Bertz CT molecular complexity index is 800. The molecule has 0 aromatic heterocycles. The lowest BCUT2D eigenvalue weighted by atomic mass is 10.1. The molecular formula is C21H29N3O5. The first-order chi connectivity index (χ1) is 13.5. The highest BCUT2D eigenvalue weighted by molar-refractivity contribution is 6.01. The number of urea groups is 1. The maximum absolute atomic E-state index is 12.5. The van der Waals surface area contributed by atoms with Gasteiger partial charge in [-0.05, 0) is 45.7 Å². The number of esters is 1. The van der Waals surface area contributed by atoms with Gasteiger partial charge in [-0.3, -0.25) is 19.7 Å². The van der Waals surface area contributed by atoms with Crippen molar-refractivity contribution in [3.8, 4) is 0 Å². The van der Waals surface area contributed by atoms with Crippen LogP contribution in [0.25, 0.3) is 0 Å². The molecule has 0 spiro atoms. The van der Waals surface area contributed by atoms with Gasteiger partial charge in [-0.25, -0.2) is 4.79 Å². The van der Waals surface area contributed by atoms with Crippen molar-refractivity contribution in [2.45, 2.75) is 59.1 Å². The van der Waals surface area contributed by atoms with Crippen LogP contribution in [-0.4, -0.2) is 42.0 Å². The lowest BCUT2D eigenvalue weighted by molar-refractivity contribution is -0.158. The highest BCUT2D eigenvalue weighted by atomic mass is 16.5. The maximum atomic E-state index is 12.5. The van der Waals surface area contributed by atoms with Crippen molar-refractivity contribution in [1.82, 2.24) is 10.6 Å². The Morgan fingerprint density at radius 2 is 1.90 bits per heavy atom. The molecule has 1 fully saturated rings. The fraction of sp³-hybridized carbons (Fsp3) is 0.524. The summed E-state index contributed by atoms with van der Waals surface area (Å²) in [5, 5.41) is 4.74. The number of aryl methyl sites for hydroxylation is 1. The van der Waals surface area contributed by atoms with Gasteiger partial charge in [0.2, 0.25) is 5.91 Å². The number of imide groups is 1. The van der Waals surface area contributed by atoms with E-state index in [2.05, 4.69) is 10.6 Å². The summed E-state index contributed by atoms with van der Waals surface area (Å²) in [4.78, 5) is 50.4. The molecule has 2 N–H and O–H groups in total. The summed E-state index contributed by atoms with van der Waals surface area (Å²) in [5.41, 5.74) is 1.31. The Kier molecular flexibility index (Phi) is 7.00. The van der Waals surface area contributed by atoms with Crippen LogP contribution in [0.15, 0.2) is 24.3 Å². The molecule has 158 valence electrons. The van der Waals surface area contributed by atoms with E-state index in [1.54, 1.807) is 25.7 Å². The first kappa shape index (κ1) is 22.4. The summed E-state index contributed by atoms with van der Waals surface area (Å²) in [6.07, 6.45) is -0.362. The number of anilines is 1. The molecule has 1 aliphatic rings. The van der Waals surface area contributed by atoms with Crippen LogP contribution in [0.1, 0.15) is 46.6 Å². The van der Waals surface area contributed by atoms with Gasteiger partial charge >= 0.3 is 12.0 Å². The van der Waals surface area contributed by atoms with Crippen LogP contribution < -0.4 is 15.5 Å². The van der Waals surface area contributed by atoms with Gasteiger partial charge in [0, 0.05) is 24.2 Å². The van der Waals surface area contributed by atoms with Gasteiger partial charge in [0.1, 0.15) is 0 Å². The lowest BCUT2D eigenvalue weighted by Gasteiger charge is -2.22. The van der Waals surface area contributed by atoms with Crippen molar-refractivity contribution >= 4 is 29.5 Å². The van der Waals surface area contributed by atoms with Crippen LogP contribution in [0.3, 0.4) is 0 Å². The minimum Gasteiger partial charge on any atom is -0.452 e. The number of rotatable bonds is 5. The summed E-state index contributed by atoms with van der Waals surface area (Å²) in [5.74, 6) is -2.17. The molecule has 2 atom stereocenters. The van der Waals surface area contributed by atoms with Crippen LogP contribution in [-0.2, 0) is 25.5 Å². The zero-order chi connectivity index (χ0) is 21.8. The van der Waals surface area contributed by atoms with E-state index in [0.29, 0.717) is 0 Å². The molecule has 0 radical (unpaired) electrons. The summed E-state index contributed by atoms with van der Waals surface area (Å²) in [7, 11) is 0. The average molecular weight is 403 g/mol. The van der Waals surface area contributed by atoms with E-state index in [-0.39, 0.29) is 18.9 Å². The molecule has 0 unspecified atom stereocenters. The quantitative estimate of drug-likeness (QED) is 0.733. The van der Waals surface area contributed by atoms with Gasteiger partial charge < -0.3 is 15.0 Å². The van der Waals surface area contributed by atoms with E-state index in [1.165, 1.54) is 6.92 Å². The second kappa shape index (κ2) is 9.07. The fourth-order valence-electron chi connectivity index (χ4n) is 3.08. The number of amides is 4. The van der Waals surface area contributed by atoms with Gasteiger partial charge in [-0.2, -0.15) is 0 Å². The first-order valence-corrected chi connectivity index (χ1v) is 9.73. The smallest absolute Gasteiger partial charge is 0.321 e. The molecule has 8 nitrogen and oxygen atoms in total. The van der Waals surface area contributed by atoms with Gasteiger partial charge in [-0.1, -0.05) is 25.1 Å². The highest BCUT2D eigenvalue weighted by Crippen LogP contribution is 2.29. The van der Waals surface area contributed by atoms with E-state index >= 15 is 0 Å². The number of hydrogen-bond donors (Lipinski definition) is 2. The number of carbonyl (C=O) groups excluding carboxylic acids is 4. The third-order valence-corrected chi connectivity index (χ3v) is 4.51. The summed E-state index contributed by atoms with van der Waals surface area (Å²) < 4.78 is 5.21. The minimum absolute atomic E-state index is 0.0235. The third-order valence-electron chi connectivity index (χ3n) is 4.51. The Hall–Kier alpha value is -2.90. The molecule has 0 bridgehead atoms. The van der Waals surface area contributed by atoms with Crippen LogP contribution in [0.4, 0.5) is 10.5 Å². The van der Waals surface area contributed by atoms with Crippen molar-refractivity contribution in [3.63, 3.8) is 0 Å². The van der Waals surface area contributed by atoms with Gasteiger partial charge in [0.25, 0.3) is 5.91 Å². The predicted molar refractivity (Wildman–Crippen MR) is 108 cm³/mol. The Balaban J connectivity index is 1.95. The topological polar surface area (TPSA) is 105 Å². The standard InChI is InChI=1S/C21H29N3O5/c1-6-14-9-7-8-10-16(14)24-12-15(11-17(24)25)19(27)29-13(2)18(26)22-20(28)23-21(3,4)5/h7-10,13,15H,6,11-12H2,1-5H3,(H2,22,23,26,28)/t13-,15+/m1/s1. The Labute approximate surface area is 171 Å². The molecule has 29 heavy (non-hydrogen) atoms. The number of para-hydroxylation sites is 1. The zero-order valence-electron chi connectivity index (χ0n) is 17.6. The molecule has 1 saturated heterocycles. The minimum atomic E-state index is -1.15. The van der Waals surface area contributed by atoms with Crippen LogP contribution >= 0.6 is 0 Å². The normalized spacial score (nSPS) is 17.6. The predicted octanol–water partition coefficient (Wildman–Crippen LogP) is 2.16. The second-order valence-electron chi connectivity index (χ2n) is 8.16. The van der Waals surface area contributed by atoms with Crippen molar-refractivity contribution in [1.29, 1.82) is 0 Å². The second-order valence-corrected chi connectivity index (χ2v) is 8.16. The highest BCUT2D eigenvalue weighted by Gasteiger charge is 2.38. The first-order valence-electron chi connectivity index (χ1n) is 9.73. The molecule has 1 heterocycles. The van der Waals surface area contributed by atoms with E-state index in [9.17, 15) is 19.2 Å². The SMILES string of the molecule is CCc1ccccc1N1C[C@@H](C(=O)O[C@H](C)C(=O)NC(=O)NC(C)(C)C)CC1=O. The maximum Gasteiger partial charge on any atom is 0.321 e. The molecule has 1 aromatic carbocycles. The molecule has 2 rings (SSSR count). The number of benzene rings is 1. The Morgan fingerprint density at radius 3 is 2.52 bits per heavy atom. The van der Waals surface area contributed by atoms with E-state index in [0.717, 1.165) is 17.7 Å². The average Bonchev–Trinajstić information content (AvgIpc) is 3.01. The van der Waals surface area contributed by atoms with E-state index in [1.807, 2.05) is 31.2 Å². The third kappa shape index (κ3) is 6.04. The molecule has 8 heteroatoms. The van der Waals surface area contributed by atoms with Gasteiger partial charge in [0.05, 0.1) is 5.92 Å². The molecule has 1 aliphatic heterocycles. The van der Waals surface area contributed by atoms with E-state index < -0.39 is 35.5 Å². The fourth-order valence-corrected chi connectivity index (χ4v) is 3.08. The van der Waals surface area contributed by atoms with Gasteiger partial charge in [-0.15, -0.1) is 0 Å². The van der Waals surface area contributed by atoms with Crippen LogP contribution in [0.5, 0.6) is 0 Å². The number of nitrogens with zero attached hydrogens (tertiary/aromatic N) is 1. The summed E-state index contributed by atoms with van der Waals surface area (Å²) >= 11 is 0. The summed E-state index contributed by atoms with van der Waals surface area (Å²) in [6.45, 7) is 8.92. The zero-order valence-corrected chi connectivity index (χ0v) is 17.6. The molecule has 0 aliphatic carbocycles. The number of hydrogen-bond acceptors (Lipinski definition) is 5. The van der Waals surface area contributed by atoms with Crippen molar-refractivity contribution in [2.24, 2.45) is 5.92 Å². The van der Waals surface area contributed by atoms with Crippen molar-refractivity contribution in [3.05, 3.63) is 29.8 Å². The van der Waals surface area contributed by atoms with Crippen molar-refractivity contribution < 1.29 is 23.9 Å². The number of nitrogens with one attached hydrogen (secondary N) is 2. The lowest BCUT2D eigenvalue weighted by Crippen LogP contribution is -2.50. The van der Waals surface area contributed by atoms with Crippen LogP contribution in [0, 0.1) is 5.92 Å². The van der Waals surface area contributed by atoms with E-state index in [4.69, 9.17) is 4.74 Å². The number of carbonyl (C=O) groups is 4. The van der Waals surface area contributed by atoms with Crippen LogP contribution in [0.2, 0.25) is 0 Å². The molecule has 0 saturated carbocycles. The monoisotopic (exact) mass is 403 g/mol. The largest absolute Gasteiger partial charge is 0.452 e. The summed E-state index contributed by atoms with van der Waals surface area (Å²) in [6, 6.07) is 6.90. The molecular weight excluding hydrogens is 374 g/mol. The number of ether oxygens (including phenoxy) is 1. The van der Waals surface area contributed by atoms with Gasteiger partial charge in [0.15, 0.2) is 6.10 Å². The van der Waals surface area contributed by atoms with Crippen molar-refractivity contribution in [2.75, 3.05) is 11.4 Å². The molecule has 1 aromatic rings.